The second-order valence-electron chi connectivity index (χ2n) is 6.19. The summed E-state index contributed by atoms with van der Waals surface area (Å²) in [6.07, 6.45) is 0. The van der Waals surface area contributed by atoms with Gasteiger partial charge in [0.15, 0.2) is 0 Å². The number of hydrogen-bond donors (Lipinski definition) is 0. The van der Waals surface area contributed by atoms with Crippen LogP contribution in [0.2, 0.25) is 0 Å². The molecule has 4 nitrogen and oxygen atoms in total. The van der Waals surface area contributed by atoms with Crippen molar-refractivity contribution in [3.63, 3.8) is 0 Å². The molecule has 0 bridgehead atoms. The molecule has 1 aliphatic heterocycles. The zero-order valence-electron chi connectivity index (χ0n) is 13.8. The first kappa shape index (κ1) is 16.1. The highest BCUT2D eigenvalue weighted by Crippen LogP contribution is 2.23. The van der Waals surface area contributed by atoms with Gasteiger partial charge in [0.05, 0.1) is 14.2 Å². The maximum Gasteiger partial charge on any atom is 0.122 e. The molecule has 118 valence electrons. The monoisotopic (exact) mass is 292 g/mol. The molecule has 21 heavy (non-hydrogen) atoms. The van der Waals surface area contributed by atoms with Gasteiger partial charge in [-0.15, -0.1) is 0 Å². The maximum atomic E-state index is 5.34. The predicted molar refractivity (Wildman–Crippen MR) is 86.1 cm³/mol. The summed E-state index contributed by atoms with van der Waals surface area (Å²) in [6, 6.07) is 6.12. The smallest absolute Gasteiger partial charge is 0.122 e. The number of nitrogens with zero attached hydrogens (tertiary/aromatic N) is 2. The third-order valence-corrected chi connectivity index (χ3v) is 3.91. The molecule has 1 aliphatic rings. The fraction of sp³-hybridized carbons (Fsp3) is 0.647. The highest BCUT2D eigenvalue weighted by Gasteiger charge is 2.17. The lowest BCUT2D eigenvalue weighted by atomic mass is 10.1. The summed E-state index contributed by atoms with van der Waals surface area (Å²) in [5.41, 5.74) is 1.25. The van der Waals surface area contributed by atoms with E-state index < -0.39 is 0 Å². The van der Waals surface area contributed by atoms with Crippen molar-refractivity contribution in [2.45, 2.75) is 20.4 Å². The first-order valence-electron chi connectivity index (χ1n) is 7.77. The highest BCUT2D eigenvalue weighted by atomic mass is 16.5. The summed E-state index contributed by atoms with van der Waals surface area (Å²) in [4.78, 5) is 5.07. The first-order valence-corrected chi connectivity index (χ1v) is 7.77. The molecular formula is C17H28N2O2. The Balaban J connectivity index is 1.91. The molecule has 0 saturated carbocycles. The lowest BCUT2D eigenvalue weighted by Gasteiger charge is -2.35. The van der Waals surface area contributed by atoms with Gasteiger partial charge in [-0.05, 0) is 23.6 Å². The van der Waals surface area contributed by atoms with Crippen molar-refractivity contribution in [1.29, 1.82) is 0 Å². The molecule has 0 aromatic heterocycles. The van der Waals surface area contributed by atoms with Crippen LogP contribution >= 0.6 is 0 Å². The Labute approximate surface area is 128 Å². The number of benzene rings is 1. The quantitative estimate of drug-likeness (QED) is 0.804. The number of methoxy groups -OCH3 is 2. The minimum Gasteiger partial charge on any atom is -0.497 e. The molecular weight excluding hydrogens is 264 g/mol. The lowest BCUT2D eigenvalue weighted by Crippen LogP contribution is -2.46. The molecule has 0 spiro atoms. The summed E-state index contributed by atoms with van der Waals surface area (Å²) >= 11 is 0. The van der Waals surface area contributed by atoms with Crippen molar-refractivity contribution < 1.29 is 9.47 Å². The zero-order valence-corrected chi connectivity index (χ0v) is 13.8. The summed E-state index contributed by atoms with van der Waals surface area (Å²) in [5, 5.41) is 0. The van der Waals surface area contributed by atoms with E-state index in [-0.39, 0.29) is 0 Å². The molecule has 0 N–H and O–H groups in total. The first-order chi connectivity index (χ1) is 10.1. The van der Waals surface area contributed by atoms with Gasteiger partial charge in [-0.25, -0.2) is 0 Å². The van der Waals surface area contributed by atoms with Crippen LogP contribution in [0.1, 0.15) is 19.4 Å². The van der Waals surface area contributed by atoms with Crippen LogP contribution in [0.3, 0.4) is 0 Å². The Hall–Kier alpha value is -1.26. The molecule has 1 saturated heterocycles. The van der Waals surface area contributed by atoms with Gasteiger partial charge >= 0.3 is 0 Å². The minimum atomic E-state index is 0.749. The number of ether oxygens (including phenoxy) is 2. The number of hydrogen-bond acceptors (Lipinski definition) is 4. The van der Waals surface area contributed by atoms with E-state index in [0.29, 0.717) is 0 Å². The normalized spacial score (nSPS) is 17.2. The molecule has 4 heteroatoms. The molecule has 1 heterocycles. The van der Waals surface area contributed by atoms with Crippen molar-refractivity contribution in [2.75, 3.05) is 46.9 Å². The zero-order chi connectivity index (χ0) is 15.2. The van der Waals surface area contributed by atoms with E-state index in [9.17, 15) is 0 Å². The van der Waals surface area contributed by atoms with Crippen molar-refractivity contribution in [3.05, 3.63) is 23.8 Å². The summed E-state index contributed by atoms with van der Waals surface area (Å²) in [5.74, 6) is 2.48. The van der Waals surface area contributed by atoms with Crippen LogP contribution in [0.25, 0.3) is 0 Å². The van der Waals surface area contributed by atoms with E-state index in [1.807, 2.05) is 6.07 Å². The molecule has 0 atom stereocenters. The van der Waals surface area contributed by atoms with Crippen molar-refractivity contribution >= 4 is 0 Å². The largest absolute Gasteiger partial charge is 0.497 e. The lowest BCUT2D eigenvalue weighted by molar-refractivity contribution is 0.117. The van der Waals surface area contributed by atoms with Gasteiger partial charge in [0.1, 0.15) is 11.5 Å². The topological polar surface area (TPSA) is 24.9 Å². The van der Waals surface area contributed by atoms with Crippen LogP contribution in [0.5, 0.6) is 11.5 Å². The fourth-order valence-corrected chi connectivity index (χ4v) is 2.86. The van der Waals surface area contributed by atoms with Crippen LogP contribution in [-0.4, -0.2) is 56.7 Å². The van der Waals surface area contributed by atoms with E-state index in [2.05, 4.69) is 35.8 Å². The van der Waals surface area contributed by atoms with Gasteiger partial charge in [-0.1, -0.05) is 13.8 Å². The van der Waals surface area contributed by atoms with Crippen LogP contribution in [0, 0.1) is 5.92 Å². The second kappa shape index (κ2) is 7.66. The maximum absolute atomic E-state index is 5.34. The van der Waals surface area contributed by atoms with Crippen molar-refractivity contribution in [1.82, 2.24) is 9.80 Å². The average Bonchev–Trinajstić information content (AvgIpc) is 2.48. The van der Waals surface area contributed by atoms with Gasteiger partial charge in [-0.3, -0.25) is 4.90 Å². The average molecular weight is 292 g/mol. The summed E-state index contributed by atoms with van der Waals surface area (Å²) in [7, 11) is 3.40. The molecule has 0 amide bonds. The Morgan fingerprint density at radius 1 is 0.905 bits per heavy atom. The van der Waals surface area contributed by atoms with Gasteiger partial charge in [0, 0.05) is 45.3 Å². The Kier molecular flexibility index (Phi) is 5.88. The third kappa shape index (κ3) is 4.90. The van der Waals surface area contributed by atoms with E-state index in [0.717, 1.165) is 37.1 Å². The van der Waals surface area contributed by atoms with E-state index in [1.165, 1.54) is 25.2 Å². The Morgan fingerprint density at radius 2 is 1.43 bits per heavy atom. The van der Waals surface area contributed by atoms with Crippen LogP contribution in [0.4, 0.5) is 0 Å². The standard InChI is InChI=1S/C17H28N2O2/c1-14(2)12-18-5-7-19(8-6-18)13-15-9-16(20-3)11-17(10-15)21-4/h9-11,14H,5-8,12-13H2,1-4H3. The van der Waals surface area contributed by atoms with E-state index in [4.69, 9.17) is 9.47 Å². The van der Waals surface area contributed by atoms with Gasteiger partial charge < -0.3 is 14.4 Å². The second-order valence-corrected chi connectivity index (χ2v) is 6.19. The van der Waals surface area contributed by atoms with Crippen LogP contribution in [-0.2, 0) is 6.54 Å². The van der Waals surface area contributed by atoms with Crippen molar-refractivity contribution in [3.8, 4) is 11.5 Å². The Morgan fingerprint density at radius 3 is 1.90 bits per heavy atom. The SMILES string of the molecule is COc1cc(CN2CCN(CC(C)C)CC2)cc(OC)c1. The molecule has 0 aliphatic carbocycles. The molecule has 1 aromatic rings. The summed E-state index contributed by atoms with van der Waals surface area (Å²) < 4.78 is 10.7. The summed E-state index contributed by atoms with van der Waals surface area (Å²) in [6.45, 7) is 11.3. The Bertz CT molecular complexity index is 418. The fourth-order valence-electron chi connectivity index (χ4n) is 2.86. The van der Waals surface area contributed by atoms with Gasteiger partial charge in [0.25, 0.3) is 0 Å². The number of piperazine rings is 1. The molecule has 0 unspecified atom stereocenters. The number of rotatable bonds is 6. The van der Waals surface area contributed by atoms with Crippen LogP contribution < -0.4 is 9.47 Å². The minimum absolute atomic E-state index is 0.749. The van der Waals surface area contributed by atoms with Gasteiger partial charge in [-0.2, -0.15) is 0 Å². The third-order valence-electron chi connectivity index (χ3n) is 3.91. The molecule has 1 fully saturated rings. The highest BCUT2D eigenvalue weighted by molar-refractivity contribution is 5.38. The van der Waals surface area contributed by atoms with E-state index in [1.54, 1.807) is 14.2 Å². The van der Waals surface area contributed by atoms with Crippen LogP contribution in [0.15, 0.2) is 18.2 Å². The molecule has 1 aromatic carbocycles. The molecule has 2 rings (SSSR count). The van der Waals surface area contributed by atoms with Gasteiger partial charge in [0.2, 0.25) is 0 Å². The van der Waals surface area contributed by atoms with E-state index >= 15 is 0 Å². The van der Waals surface area contributed by atoms with Crippen molar-refractivity contribution in [2.24, 2.45) is 5.92 Å². The molecule has 0 radical (unpaired) electrons. The predicted octanol–water partition coefficient (Wildman–Crippen LogP) is 2.48.